The van der Waals surface area contributed by atoms with Crippen LogP contribution in [0.1, 0.15) is 11.1 Å². The molecule has 0 unspecified atom stereocenters. The molecule has 1 heterocycles. The van der Waals surface area contributed by atoms with Crippen molar-refractivity contribution in [2.45, 2.75) is 0 Å². The summed E-state index contributed by atoms with van der Waals surface area (Å²) in [5.41, 5.74) is 6.77. The fraction of sp³-hybridized carbons (Fsp3) is 0. The van der Waals surface area contributed by atoms with Crippen LogP contribution in [0.15, 0.2) is 125 Å². The van der Waals surface area contributed by atoms with Crippen LogP contribution in [0.2, 0.25) is 0 Å². The molecule has 0 spiro atoms. The Morgan fingerprint density at radius 2 is 1.19 bits per heavy atom. The van der Waals surface area contributed by atoms with Crippen molar-refractivity contribution in [3.63, 3.8) is 0 Å². The minimum Gasteiger partial charge on any atom is -0.338 e. The van der Waals surface area contributed by atoms with E-state index in [9.17, 15) is 0 Å². The number of halogens is 2. The first kappa shape index (κ1) is 24.8. The third-order valence-corrected chi connectivity index (χ3v) is 7.04. The van der Waals surface area contributed by atoms with Gasteiger partial charge in [-0.1, -0.05) is 92.5 Å². The maximum atomic E-state index is 4.74. The van der Waals surface area contributed by atoms with Gasteiger partial charge in [0.2, 0.25) is 0 Å². The molecule has 1 N–H and O–H groups in total. The molecule has 1 aromatic heterocycles. The zero-order chi connectivity index (χ0) is 25.5. The van der Waals surface area contributed by atoms with E-state index in [4.69, 9.17) is 4.98 Å². The molecule has 37 heavy (non-hydrogen) atoms. The number of nitrogens with zero attached hydrogens (tertiary/aromatic N) is 3. The average molecular weight is 610 g/mol. The summed E-state index contributed by atoms with van der Waals surface area (Å²) in [6.07, 6.45) is 7.47. The molecule has 4 nitrogen and oxygen atoms in total. The zero-order valence-corrected chi connectivity index (χ0v) is 22.9. The lowest BCUT2D eigenvalue weighted by Crippen LogP contribution is -1.79. The van der Waals surface area contributed by atoms with Crippen LogP contribution in [0.5, 0.6) is 0 Å². The predicted octanol–water partition coefficient (Wildman–Crippen LogP) is 9.51. The van der Waals surface area contributed by atoms with E-state index >= 15 is 0 Å². The second-order valence-electron chi connectivity index (χ2n) is 8.15. The molecule has 0 aliphatic heterocycles. The lowest BCUT2D eigenvalue weighted by molar-refractivity contribution is 1.33. The summed E-state index contributed by atoms with van der Waals surface area (Å²) in [6, 6.07) is 34.2. The van der Waals surface area contributed by atoms with Crippen LogP contribution in [0.3, 0.4) is 0 Å². The van der Waals surface area contributed by atoms with Crippen molar-refractivity contribution >= 4 is 75.7 Å². The Morgan fingerprint density at radius 1 is 0.649 bits per heavy atom. The van der Waals surface area contributed by atoms with Crippen molar-refractivity contribution < 1.29 is 0 Å². The van der Waals surface area contributed by atoms with Crippen molar-refractivity contribution in [1.82, 2.24) is 9.97 Å². The van der Waals surface area contributed by atoms with Gasteiger partial charge in [0.05, 0.1) is 22.4 Å². The Bertz CT molecular complexity index is 1610. The molecular formula is C31H22Br2N4. The Balaban J connectivity index is 1.27. The third kappa shape index (κ3) is 6.47. The number of aromatic amines is 1. The van der Waals surface area contributed by atoms with Crippen LogP contribution in [0.4, 0.5) is 11.4 Å². The summed E-state index contributed by atoms with van der Waals surface area (Å²) < 4.78 is 1.97. The number of aromatic nitrogens is 2. The highest BCUT2D eigenvalue weighted by atomic mass is 79.9. The SMILES string of the molecule is Br/C(=C\C=Nc1ccc2nc(-c3ccc(N=C/C=C(/Br)c4ccccc4)cc3)[nH]c2c1)c1ccccc1. The van der Waals surface area contributed by atoms with Gasteiger partial charge in [-0.25, -0.2) is 4.98 Å². The number of hydrogen-bond acceptors (Lipinski definition) is 3. The maximum Gasteiger partial charge on any atom is 0.138 e. The molecule has 0 saturated heterocycles. The number of allylic oxidation sites excluding steroid dienone is 2. The normalized spacial score (nSPS) is 12.7. The maximum absolute atomic E-state index is 4.74. The van der Waals surface area contributed by atoms with Crippen LogP contribution in [-0.2, 0) is 0 Å². The number of hydrogen-bond donors (Lipinski definition) is 1. The smallest absolute Gasteiger partial charge is 0.138 e. The van der Waals surface area contributed by atoms with Gasteiger partial charge in [-0.2, -0.15) is 0 Å². The molecule has 5 aromatic rings. The van der Waals surface area contributed by atoms with E-state index in [1.807, 2.05) is 115 Å². The highest BCUT2D eigenvalue weighted by Crippen LogP contribution is 2.26. The summed E-state index contributed by atoms with van der Waals surface area (Å²) in [6.45, 7) is 0. The number of nitrogens with one attached hydrogen (secondary N) is 1. The molecule has 180 valence electrons. The standard InChI is InChI=1S/C31H22Br2N4/c32-27(22-7-3-1-4-8-22)17-19-34-25-13-11-24(12-14-25)31-36-29-16-15-26(21-30(29)37-31)35-20-18-28(33)23-9-5-2-6-10-23/h1-21H,(H,36,37)/b27-17+,28-18-,34-19?,35-20?. The lowest BCUT2D eigenvalue weighted by atomic mass is 10.2. The highest BCUT2D eigenvalue weighted by Gasteiger charge is 2.06. The molecule has 0 bridgehead atoms. The van der Waals surface area contributed by atoms with Crippen molar-refractivity contribution in [2.24, 2.45) is 9.98 Å². The highest BCUT2D eigenvalue weighted by molar-refractivity contribution is 9.15. The molecule has 0 amide bonds. The molecule has 6 heteroatoms. The van der Waals surface area contributed by atoms with Crippen LogP contribution >= 0.6 is 31.9 Å². The van der Waals surface area contributed by atoms with Crippen molar-refractivity contribution in [3.8, 4) is 11.4 Å². The van der Waals surface area contributed by atoms with Crippen LogP contribution in [-0.4, -0.2) is 22.4 Å². The largest absolute Gasteiger partial charge is 0.338 e. The van der Waals surface area contributed by atoms with Crippen molar-refractivity contribution in [3.05, 3.63) is 126 Å². The first-order valence-corrected chi connectivity index (χ1v) is 13.2. The first-order valence-electron chi connectivity index (χ1n) is 11.7. The predicted molar refractivity (Wildman–Crippen MR) is 165 cm³/mol. The van der Waals surface area contributed by atoms with Gasteiger partial charge in [0.15, 0.2) is 0 Å². The molecule has 0 radical (unpaired) electrons. The molecule has 0 fully saturated rings. The van der Waals surface area contributed by atoms with E-state index < -0.39 is 0 Å². The topological polar surface area (TPSA) is 53.4 Å². The van der Waals surface area contributed by atoms with Gasteiger partial charge in [0.1, 0.15) is 5.82 Å². The molecule has 0 saturated carbocycles. The van der Waals surface area contributed by atoms with Crippen LogP contribution in [0, 0.1) is 0 Å². The van der Waals surface area contributed by atoms with Gasteiger partial charge >= 0.3 is 0 Å². The molecule has 0 atom stereocenters. The van der Waals surface area contributed by atoms with E-state index in [0.29, 0.717) is 0 Å². The van der Waals surface area contributed by atoms with E-state index in [2.05, 4.69) is 46.8 Å². The number of imidazole rings is 1. The summed E-state index contributed by atoms with van der Waals surface area (Å²) in [4.78, 5) is 17.3. The Labute approximate surface area is 232 Å². The first-order chi connectivity index (χ1) is 18.2. The summed E-state index contributed by atoms with van der Waals surface area (Å²) in [5, 5.41) is 0. The fourth-order valence-corrected chi connectivity index (χ4v) is 4.45. The summed E-state index contributed by atoms with van der Waals surface area (Å²) in [7, 11) is 0. The van der Waals surface area contributed by atoms with Gasteiger partial charge < -0.3 is 4.98 Å². The summed E-state index contributed by atoms with van der Waals surface area (Å²) in [5.74, 6) is 0.810. The molecule has 4 aromatic carbocycles. The molecule has 0 aliphatic rings. The fourth-order valence-electron chi connectivity index (χ4n) is 3.68. The van der Waals surface area contributed by atoms with Gasteiger partial charge in [-0.3, -0.25) is 9.98 Å². The number of H-pyrrole nitrogens is 1. The summed E-state index contributed by atoms with van der Waals surface area (Å²) >= 11 is 7.20. The number of rotatable bonds is 7. The third-order valence-electron chi connectivity index (χ3n) is 5.59. The van der Waals surface area contributed by atoms with Crippen LogP contribution in [0.25, 0.3) is 31.4 Å². The van der Waals surface area contributed by atoms with E-state index in [1.165, 1.54) is 0 Å². The Morgan fingerprint density at radius 3 is 1.78 bits per heavy atom. The van der Waals surface area contributed by atoms with E-state index in [1.54, 1.807) is 12.4 Å². The quantitative estimate of drug-likeness (QED) is 0.184. The van der Waals surface area contributed by atoms with Crippen molar-refractivity contribution in [2.75, 3.05) is 0 Å². The number of fused-ring (bicyclic) bond motifs is 1. The monoisotopic (exact) mass is 608 g/mol. The Hall–Kier alpha value is -3.87. The van der Waals surface area contributed by atoms with Crippen LogP contribution < -0.4 is 0 Å². The van der Waals surface area contributed by atoms with Crippen molar-refractivity contribution in [1.29, 1.82) is 0 Å². The number of benzene rings is 4. The second-order valence-corrected chi connectivity index (χ2v) is 9.86. The van der Waals surface area contributed by atoms with E-state index in [0.717, 1.165) is 53.9 Å². The van der Waals surface area contributed by atoms with Gasteiger partial charge in [0, 0.05) is 27.0 Å². The average Bonchev–Trinajstić information content (AvgIpc) is 3.38. The second kappa shape index (κ2) is 11.9. The Kier molecular flexibility index (Phi) is 7.99. The zero-order valence-electron chi connectivity index (χ0n) is 19.7. The lowest BCUT2D eigenvalue weighted by Gasteiger charge is -1.98. The van der Waals surface area contributed by atoms with E-state index in [-0.39, 0.29) is 0 Å². The molecule has 5 rings (SSSR count). The molecular weight excluding hydrogens is 588 g/mol. The van der Waals surface area contributed by atoms with Gasteiger partial charge in [-0.05, 0) is 65.7 Å². The minimum absolute atomic E-state index is 0.810. The van der Waals surface area contributed by atoms with Gasteiger partial charge in [-0.15, -0.1) is 0 Å². The minimum atomic E-state index is 0.810. The molecule has 0 aliphatic carbocycles. The number of aliphatic imine (C=N–C) groups is 2. The van der Waals surface area contributed by atoms with Gasteiger partial charge in [0.25, 0.3) is 0 Å².